The third kappa shape index (κ3) is 7.48. The molecule has 27 heavy (non-hydrogen) atoms. The van der Waals surface area contributed by atoms with Gasteiger partial charge in [-0.15, -0.1) is 0 Å². The molecule has 0 saturated carbocycles. The van der Waals surface area contributed by atoms with Gasteiger partial charge in [-0.2, -0.15) is 0 Å². The van der Waals surface area contributed by atoms with E-state index in [9.17, 15) is 5.11 Å². The zero-order valence-electron chi connectivity index (χ0n) is 17.0. The molecular formula is C21H35N3O3. The fourth-order valence-corrected chi connectivity index (χ4v) is 3.18. The number of piperidine rings is 1. The van der Waals surface area contributed by atoms with Crippen molar-refractivity contribution in [3.8, 4) is 0 Å². The predicted molar refractivity (Wildman–Crippen MR) is 109 cm³/mol. The topological polar surface area (TPSA) is 66.3 Å². The van der Waals surface area contributed by atoms with Crippen LogP contribution in [0.3, 0.4) is 0 Å². The molecule has 1 unspecified atom stereocenters. The zero-order chi connectivity index (χ0) is 19.5. The number of likely N-dealkylation sites (tertiary alicyclic amines) is 1. The lowest BCUT2D eigenvalue weighted by Crippen LogP contribution is -2.47. The third-order valence-corrected chi connectivity index (χ3v) is 4.80. The number of guanidine groups is 1. The molecule has 0 amide bonds. The molecular weight excluding hydrogens is 342 g/mol. The fraction of sp³-hybridized carbons (Fsp3) is 0.667. The number of nitrogens with zero attached hydrogens (tertiary/aromatic N) is 2. The highest BCUT2D eigenvalue weighted by Crippen LogP contribution is 2.16. The van der Waals surface area contributed by atoms with E-state index in [1.54, 1.807) is 7.11 Å². The van der Waals surface area contributed by atoms with Crippen LogP contribution < -0.4 is 5.32 Å². The highest BCUT2D eigenvalue weighted by atomic mass is 16.5. The first-order valence-electron chi connectivity index (χ1n) is 10.0. The lowest BCUT2D eigenvalue weighted by molar-refractivity contribution is 0.00986. The molecule has 1 aliphatic heterocycles. The largest absolute Gasteiger partial charge is 0.386 e. The average molecular weight is 378 g/mol. The van der Waals surface area contributed by atoms with Gasteiger partial charge in [0.25, 0.3) is 0 Å². The number of aliphatic hydroxyl groups excluding tert-OH is 1. The van der Waals surface area contributed by atoms with Crippen LogP contribution in [0.2, 0.25) is 0 Å². The Kier molecular flexibility index (Phi) is 9.59. The van der Waals surface area contributed by atoms with E-state index in [1.807, 2.05) is 31.2 Å². The maximum absolute atomic E-state index is 10.4. The first kappa shape index (κ1) is 21.7. The predicted octanol–water partition coefficient (Wildman–Crippen LogP) is 2.51. The smallest absolute Gasteiger partial charge is 0.194 e. The summed E-state index contributed by atoms with van der Waals surface area (Å²) in [6.07, 6.45) is 2.67. The minimum Gasteiger partial charge on any atom is -0.386 e. The minimum absolute atomic E-state index is 0.319. The summed E-state index contributed by atoms with van der Waals surface area (Å²) in [5.41, 5.74) is 2.10. The van der Waals surface area contributed by atoms with Gasteiger partial charge in [0.05, 0.1) is 18.8 Å². The molecule has 1 atom stereocenters. The van der Waals surface area contributed by atoms with E-state index in [2.05, 4.69) is 22.1 Å². The van der Waals surface area contributed by atoms with Gasteiger partial charge in [-0.05, 0) is 38.7 Å². The SMILES string of the molecule is CCNC(=NCC(O)c1ccc(C)cc1)N1CCC(OCCCOC)CC1. The van der Waals surface area contributed by atoms with Gasteiger partial charge in [0.1, 0.15) is 0 Å². The highest BCUT2D eigenvalue weighted by molar-refractivity contribution is 5.80. The Morgan fingerprint density at radius 3 is 2.59 bits per heavy atom. The molecule has 1 aromatic carbocycles. The first-order valence-corrected chi connectivity index (χ1v) is 10.0. The van der Waals surface area contributed by atoms with Crippen LogP contribution in [0.5, 0.6) is 0 Å². The molecule has 2 N–H and O–H groups in total. The Morgan fingerprint density at radius 2 is 1.96 bits per heavy atom. The van der Waals surface area contributed by atoms with E-state index in [0.717, 1.165) is 63.6 Å². The molecule has 0 radical (unpaired) electrons. The van der Waals surface area contributed by atoms with E-state index < -0.39 is 6.10 Å². The summed E-state index contributed by atoms with van der Waals surface area (Å²) in [6.45, 7) is 8.63. The second-order valence-corrected chi connectivity index (χ2v) is 7.02. The number of methoxy groups -OCH3 is 1. The minimum atomic E-state index is -0.582. The summed E-state index contributed by atoms with van der Waals surface area (Å²) in [5, 5.41) is 13.8. The van der Waals surface area contributed by atoms with Crippen LogP contribution in [-0.4, -0.2) is 68.6 Å². The van der Waals surface area contributed by atoms with Crippen molar-refractivity contribution in [1.29, 1.82) is 0 Å². The maximum atomic E-state index is 10.4. The van der Waals surface area contributed by atoms with E-state index in [4.69, 9.17) is 9.47 Å². The maximum Gasteiger partial charge on any atom is 0.194 e. The second kappa shape index (κ2) is 12.0. The van der Waals surface area contributed by atoms with Crippen LogP contribution in [0.25, 0.3) is 0 Å². The molecule has 1 fully saturated rings. The standard InChI is InChI=1S/C21H35N3O3/c1-4-22-21(23-16-20(25)18-8-6-17(2)7-9-18)24-12-10-19(11-13-24)27-15-5-14-26-3/h6-9,19-20,25H,4-5,10-16H2,1-3H3,(H,22,23). The van der Waals surface area contributed by atoms with Gasteiger partial charge in [0, 0.05) is 40.0 Å². The lowest BCUT2D eigenvalue weighted by atomic mass is 10.1. The molecule has 0 spiro atoms. The van der Waals surface area contributed by atoms with Gasteiger partial charge in [-0.3, -0.25) is 4.99 Å². The summed E-state index contributed by atoms with van der Waals surface area (Å²) < 4.78 is 11.0. The summed E-state index contributed by atoms with van der Waals surface area (Å²) in [4.78, 5) is 6.94. The van der Waals surface area contributed by atoms with Crippen molar-refractivity contribution in [2.24, 2.45) is 4.99 Å². The molecule has 1 aromatic rings. The Bertz CT molecular complexity index is 554. The molecule has 6 nitrogen and oxygen atoms in total. The van der Waals surface area contributed by atoms with Crippen LogP contribution in [0, 0.1) is 6.92 Å². The number of hydrogen-bond donors (Lipinski definition) is 2. The Balaban J connectivity index is 1.83. The van der Waals surface area contributed by atoms with Gasteiger partial charge in [0.15, 0.2) is 5.96 Å². The molecule has 1 aliphatic rings. The van der Waals surface area contributed by atoms with Crippen LogP contribution in [0.15, 0.2) is 29.3 Å². The molecule has 2 rings (SSSR count). The average Bonchev–Trinajstić information content (AvgIpc) is 2.69. The molecule has 152 valence electrons. The lowest BCUT2D eigenvalue weighted by Gasteiger charge is -2.34. The molecule has 6 heteroatoms. The van der Waals surface area contributed by atoms with Crippen molar-refractivity contribution in [3.05, 3.63) is 35.4 Å². The van der Waals surface area contributed by atoms with Crippen molar-refractivity contribution in [2.45, 2.75) is 45.3 Å². The number of aliphatic imine (C=N–C) groups is 1. The number of aliphatic hydroxyl groups is 1. The first-order chi connectivity index (χ1) is 13.1. The Hall–Kier alpha value is -1.63. The summed E-state index contributed by atoms with van der Waals surface area (Å²) >= 11 is 0. The van der Waals surface area contributed by atoms with Gasteiger partial charge < -0.3 is 24.8 Å². The number of ether oxygens (including phenoxy) is 2. The quantitative estimate of drug-likeness (QED) is 0.393. The van der Waals surface area contributed by atoms with Gasteiger partial charge in [-0.25, -0.2) is 0 Å². The van der Waals surface area contributed by atoms with E-state index in [-0.39, 0.29) is 0 Å². The van der Waals surface area contributed by atoms with Crippen molar-refractivity contribution in [2.75, 3.05) is 46.5 Å². The highest BCUT2D eigenvalue weighted by Gasteiger charge is 2.22. The number of benzene rings is 1. The van der Waals surface area contributed by atoms with E-state index >= 15 is 0 Å². The summed E-state index contributed by atoms with van der Waals surface area (Å²) in [7, 11) is 1.72. The van der Waals surface area contributed by atoms with Crippen molar-refractivity contribution >= 4 is 5.96 Å². The molecule has 0 aromatic heterocycles. The van der Waals surface area contributed by atoms with Gasteiger partial charge >= 0.3 is 0 Å². The van der Waals surface area contributed by atoms with Crippen LogP contribution in [0.4, 0.5) is 0 Å². The Labute approximate surface area is 163 Å². The summed E-state index contributed by atoms with van der Waals surface area (Å²) in [5.74, 6) is 0.876. The molecule has 1 saturated heterocycles. The number of nitrogens with one attached hydrogen (secondary N) is 1. The number of hydrogen-bond acceptors (Lipinski definition) is 4. The van der Waals surface area contributed by atoms with Crippen molar-refractivity contribution < 1.29 is 14.6 Å². The van der Waals surface area contributed by atoms with Gasteiger partial charge in [0.2, 0.25) is 0 Å². The van der Waals surface area contributed by atoms with E-state index in [0.29, 0.717) is 12.6 Å². The normalized spacial score (nSPS) is 17.2. The fourth-order valence-electron chi connectivity index (χ4n) is 3.18. The van der Waals surface area contributed by atoms with E-state index in [1.165, 1.54) is 5.56 Å². The van der Waals surface area contributed by atoms with Crippen LogP contribution in [-0.2, 0) is 9.47 Å². The number of aryl methyl sites for hydroxylation is 1. The zero-order valence-corrected chi connectivity index (χ0v) is 17.0. The molecule has 0 aliphatic carbocycles. The Morgan fingerprint density at radius 1 is 1.26 bits per heavy atom. The molecule has 0 bridgehead atoms. The van der Waals surface area contributed by atoms with Crippen molar-refractivity contribution in [1.82, 2.24) is 10.2 Å². The second-order valence-electron chi connectivity index (χ2n) is 7.02. The molecule has 1 heterocycles. The van der Waals surface area contributed by atoms with Crippen LogP contribution in [0.1, 0.15) is 43.4 Å². The van der Waals surface area contributed by atoms with Crippen LogP contribution >= 0.6 is 0 Å². The van der Waals surface area contributed by atoms with Gasteiger partial charge in [-0.1, -0.05) is 29.8 Å². The third-order valence-electron chi connectivity index (χ3n) is 4.80. The van der Waals surface area contributed by atoms with Crippen molar-refractivity contribution in [3.63, 3.8) is 0 Å². The number of rotatable bonds is 9. The summed E-state index contributed by atoms with van der Waals surface area (Å²) in [6, 6.07) is 7.97. The monoisotopic (exact) mass is 377 g/mol.